The third-order valence-corrected chi connectivity index (χ3v) is 6.84. The zero-order valence-electron chi connectivity index (χ0n) is 16.1. The van der Waals surface area contributed by atoms with E-state index in [1.54, 1.807) is 53.1 Å². The minimum atomic E-state index is -3.85. The molecule has 1 N–H and O–H groups in total. The lowest BCUT2D eigenvalue weighted by atomic mass is 10.2. The third kappa shape index (κ3) is 4.05. The summed E-state index contributed by atoms with van der Waals surface area (Å²) in [7, 11) is -0.858. The molecular formula is C19H22N2O5S2. The number of carbonyl (C=O) groups excluding carboxylic acids is 1. The number of benzene rings is 2. The predicted molar refractivity (Wildman–Crippen MR) is 110 cm³/mol. The fourth-order valence-corrected chi connectivity index (χ4v) is 5.16. The van der Waals surface area contributed by atoms with Crippen molar-refractivity contribution in [3.05, 3.63) is 36.4 Å². The topological polar surface area (TPSA) is 84.9 Å². The number of fused-ring (bicyclic) bond motifs is 1. The van der Waals surface area contributed by atoms with Crippen LogP contribution in [-0.4, -0.2) is 40.3 Å². The van der Waals surface area contributed by atoms with Gasteiger partial charge in [-0.2, -0.15) is 0 Å². The molecule has 1 heterocycles. The second-order valence-corrected chi connectivity index (χ2v) is 9.53. The quantitative estimate of drug-likeness (QED) is 0.795. The van der Waals surface area contributed by atoms with Gasteiger partial charge in [-0.15, -0.1) is 11.8 Å². The number of amides is 1. The van der Waals surface area contributed by atoms with Gasteiger partial charge in [0.25, 0.3) is 10.0 Å². The van der Waals surface area contributed by atoms with Gasteiger partial charge in [0.1, 0.15) is 0 Å². The Bertz CT molecular complexity index is 1010. The molecule has 1 aliphatic rings. The molecule has 2 aromatic rings. The molecule has 28 heavy (non-hydrogen) atoms. The van der Waals surface area contributed by atoms with Crippen molar-refractivity contribution in [3.63, 3.8) is 0 Å². The second-order valence-electron chi connectivity index (χ2n) is 6.36. The maximum atomic E-state index is 12.9. The molecule has 0 fully saturated rings. The Labute approximate surface area is 169 Å². The Morgan fingerprint density at radius 3 is 2.50 bits per heavy atom. The molecule has 9 heteroatoms. The summed E-state index contributed by atoms with van der Waals surface area (Å²) < 4.78 is 38.7. The van der Waals surface area contributed by atoms with Gasteiger partial charge in [0.05, 0.1) is 30.5 Å². The number of hydrogen-bond acceptors (Lipinski definition) is 6. The van der Waals surface area contributed by atoms with Crippen LogP contribution in [0.3, 0.4) is 0 Å². The summed E-state index contributed by atoms with van der Waals surface area (Å²) >= 11 is 1.63. The monoisotopic (exact) mass is 422 g/mol. The normalized spacial score (nSPS) is 16.3. The first-order valence-corrected chi connectivity index (χ1v) is 10.9. The molecule has 3 rings (SSSR count). The maximum Gasteiger partial charge on any atom is 0.261 e. The molecule has 1 atom stereocenters. The van der Waals surface area contributed by atoms with Gasteiger partial charge in [0, 0.05) is 29.7 Å². The third-order valence-electron chi connectivity index (χ3n) is 4.32. The van der Waals surface area contributed by atoms with Crippen LogP contribution in [0.4, 0.5) is 11.4 Å². The van der Waals surface area contributed by atoms with Crippen LogP contribution >= 0.6 is 11.8 Å². The van der Waals surface area contributed by atoms with E-state index >= 15 is 0 Å². The maximum absolute atomic E-state index is 12.9. The van der Waals surface area contributed by atoms with Gasteiger partial charge in [0.2, 0.25) is 5.91 Å². The standard InChI is InChI=1S/C19H22N2O5S2/c1-12-11-21(13(2)22)16-10-15(6-8-19(16)27-12)28(23,24)20-14-5-7-17(25-3)18(9-14)26-4/h5-10,12,20H,11H2,1-4H3. The lowest BCUT2D eigenvalue weighted by Gasteiger charge is -2.32. The minimum Gasteiger partial charge on any atom is -0.493 e. The number of carbonyl (C=O) groups is 1. The minimum absolute atomic E-state index is 0.0856. The molecule has 2 aromatic carbocycles. The van der Waals surface area contributed by atoms with E-state index in [0.29, 0.717) is 29.4 Å². The first kappa shape index (κ1) is 20.3. The van der Waals surface area contributed by atoms with E-state index in [4.69, 9.17) is 9.47 Å². The van der Waals surface area contributed by atoms with Gasteiger partial charge in [-0.3, -0.25) is 9.52 Å². The lowest BCUT2D eigenvalue weighted by molar-refractivity contribution is -0.116. The summed E-state index contributed by atoms with van der Waals surface area (Å²) in [6, 6.07) is 9.60. The Balaban J connectivity index is 1.95. The molecule has 0 aliphatic carbocycles. The average Bonchev–Trinajstić information content (AvgIpc) is 2.66. The fraction of sp³-hybridized carbons (Fsp3) is 0.316. The van der Waals surface area contributed by atoms with Crippen LogP contribution in [-0.2, 0) is 14.8 Å². The lowest BCUT2D eigenvalue weighted by Crippen LogP contribution is -2.37. The number of methoxy groups -OCH3 is 2. The zero-order valence-corrected chi connectivity index (χ0v) is 17.7. The van der Waals surface area contributed by atoms with Crippen molar-refractivity contribution >= 4 is 39.1 Å². The average molecular weight is 423 g/mol. The van der Waals surface area contributed by atoms with Gasteiger partial charge in [-0.1, -0.05) is 6.92 Å². The molecule has 0 aromatic heterocycles. The summed E-state index contributed by atoms with van der Waals surface area (Å²) in [5.41, 5.74) is 0.965. The number of thioether (sulfide) groups is 1. The van der Waals surface area contributed by atoms with Gasteiger partial charge in [-0.05, 0) is 30.3 Å². The van der Waals surface area contributed by atoms with Crippen molar-refractivity contribution < 1.29 is 22.7 Å². The molecule has 1 amide bonds. The Hall–Kier alpha value is -2.39. The smallest absolute Gasteiger partial charge is 0.261 e. The summed E-state index contributed by atoms with van der Waals surface area (Å²) in [5, 5.41) is 0.240. The Kier molecular flexibility index (Phi) is 5.76. The number of anilines is 2. The van der Waals surface area contributed by atoms with E-state index < -0.39 is 10.0 Å². The van der Waals surface area contributed by atoms with Gasteiger partial charge < -0.3 is 14.4 Å². The van der Waals surface area contributed by atoms with Crippen LogP contribution in [0.25, 0.3) is 0 Å². The van der Waals surface area contributed by atoms with E-state index in [0.717, 1.165) is 4.90 Å². The van der Waals surface area contributed by atoms with Crippen LogP contribution in [0.2, 0.25) is 0 Å². The van der Waals surface area contributed by atoms with E-state index in [1.807, 2.05) is 6.92 Å². The van der Waals surface area contributed by atoms with Crippen LogP contribution in [0, 0.1) is 0 Å². The SMILES string of the molecule is COc1ccc(NS(=O)(=O)c2ccc3c(c2)N(C(C)=O)CC(C)S3)cc1OC. The molecule has 1 unspecified atom stereocenters. The molecule has 0 saturated heterocycles. The summed E-state index contributed by atoms with van der Waals surface area (Å²) in [6.07, 6.45) is 0. The highest BCUT2D eigenvalue weighted by atomic mass is 32.2. The number of nitrogens with zero attached hydrogens (tertiary/aromatic N) is 1. The van der Waals surface area contributed by atoms with E-state index in [2.05, 4.69) is 4.72 Å². The van der Waals surface area contributed by atoms with Crippen LogP contribution in [0.1, 0.15) is 13.8 Å². The highest BCUT2D eigenvalue weighted by Gasteiger charge is 2.27. The fourth-order valence-electron chi connectivity index (χ4n) is 3.00. The number of sulfonamides is 1. The first-order valence-electron chi connectivity index (χ1n) is 8.59. The van der Waals surface area contributed by atoms with Crippen molar-refractivity contribution in [1.82, 2.24) is 0 Å². The Morgan fingerprint density at radius 1 is 1.14 bits per heavy atom. The van der Waals surface area contributed by atoms with E-state index in [1.165, 1.54) is 21.1 Å². The van der Waals surface area contributed by atoms with Crippen molar-refractivity contribution in [3.8, 4) is 11.5 Å². The van der Waals surface area contributed by atoms with Gasteiger partial charge >= 0.3 is 0 Å². The predicted octanol–water partition coefficient (Wildman–Crippen LogP) is 3.35. The molecule has 1 aliphatic heterocycles. The second kappa shape index (κ2) is 7.92. The highest BCUT2D eigenvalue weighted by Crippen LogP contribution is 2.40. The molecule has 7 nitrogen and oxygen atoms in total. The Morgan fingerprint density at radius 2 is 1.86 bits per heavy atom. The molecule has 0 bridgehead atoms. The molecule has 0 radical (unpaired) electrons. The summed E-state index contributed by atoms with van der Waals surface area (Å²) in [4.78, 5) is 14.6. The molecule has 150 valence electrons. The number of ether oxygens (including phenoxy) is 2. The highest BCUT2D eigenvalue weighted by molar-refractivity contribution is 8.00. The zero-order chi connectivity index (χ0) is 20.5. The molecular weight excluding hydrogens is 400 g/mol. The molecule has 0 saturated carbocycles. The van der Waals surface area contributed by atoms with E-state index in [9.17, 15) is 13.2 Å². The van der Waals surface area contributed by atoms with Crippen molar-refractivity contribution in [2.75, 3.05) is 30.4 Å². The molecule has 0 spiro atoms. The van der Waals surface area contributed by atoms with Gasteiger partial charge in [0.15, 0.2) is 11.5 Å². The van der Waals surface area contributed by atoms with Crippen molar-refractivity contribution in [2.45, 2.75) is 28.9 Å². The van der Waals surface area contributed by atoms with Gasteiger partial charge in [-0.25, -0.2) is 8.42 Å². The summed E-state index contributed by atoms with van der Waals surface area (Å²) in [6.45, 7) is 4.06. The number of nitrogens with one attached hydrogen (secondary N) is 1. The summed E-state index contributed by atoms with van der Waals surface area (Å²) in [5.74, 6) is 0.805. The van der Waals surface area contributed by atoms with E-state index in [-0.39, 0.29) is 16.1 Å². The van der Waals surface area contributed by atoms with Crippen LogP contribution in [0.5, 0.6) is 11.5 Å². The van der Waals surface area contributed by atoms with Crippen LogP contribution < -0.4 is 19.1 Å². The van der Waals surface area contributed by atoms with Crippen molar-refractivity contribution in [2.24, 2.45) is 0 Å². The first-order chi connectivity index (χ1) is 13.2. The number of rotatable bonds is 5. The van der Waals surface area contributed by atoms with Crippen molar-refractivity contribution in [1.29, 1.82) is 0 Å². The largest absolute Gasteiger partial charge is 0.493 e. The number of hydrogen-bond donors (Lipinski definition) is 1. The van der Waals surface area contributed by atoms with Crippen LogP contribution in [0.15, 0.2) is 46.2 Å².